The zero-order valence-electron chi connectivity index (χ0n) is 10.6. The van der Waals surface area contributed by atoms with Crippen LogP contribution >= 0.6 is 23.2 Å². The normalized spacial score (nSPS) is 10.2. The Kier molecular flexibility index (Phi) is 4.77. The van der Waals surface area contributed by atoms with Gasteiger partial charge in [0, 0.05) is 16.1 Å². The van der Waals surface area contributed by atoms with Crippen molar-refractivity contribution in [2.45, 2.75) is 6.61 Å². The number of hydrogen-bond acceptors (Lipinski definition) is 4. The van der Waals surface area contributed by atoms with Gasteiger partial charge >= 0.3 is 5.97 Å². The molecule has 0 saturated heterocycles. The van der Waals surface area contributed by atoms with Crippen molar-refractivity contribution < 1.29 is 14.5 Å². The molecule has 0 saturated carbocycles. The van der Waals surface area contributed by atoms with Crippen molar-refractivity contribution in [1.29, 1.82) is 0 Å². The van der Waals surface area contributed by atoms with E-state index < -0.39 is 16.6 Å². The Morgan fingerprint density at radius 2 is 1.86 bits per heavy atom. The predicted molar refractivity (Wildman–Crippen MR) is 78.7 cm³/mol. The minimum atomic E-state index is -0.793. The summed E-state index contributed by atoms with van der Waals surface area (Å²) in [7, 11) is 0. The minimum absolute atomic E-state index is 0.0286. The van der Waals surface area contributed by atoms with Crippen LogP contribution in [0.5, 0.6) is 0 Å². The fourth-order valence-electron chi connectivity index (χ4n) is 1.68. The maximum Gasteiger partial charge on any atom is 0.345 e. The molecule has 0 radical (unpaired) electrons. The number of esters is 1. The summed E-state index contributed by atoms with van der Waals surface area (Å²) >= 11 is 11.5. The molecule has 0 fully saturated rings. The minimum Gasteiger partial charge on any atom is -0.457 e. The molecule has 0 aromatic heterocycles. The van der Waals surface area contributed by atoms with Crippen LogP contribution in [-0.4, -0.2) is 10.9 Å². The van der Waals surface area contributed by atoms with Gasteiger partial charge in [-0.2, -0.15) is 0 Å². The average Bonchev–Trinajstić information content (AvgIpc) is 2.44. The number of rotatable bonds is 4. The van der Waals surface area contributed by atoms with Gasteiger partial charge in [0.05, 0.1) is 4.92 Å². The Labute approximate surface area is 130 Å². The van der Waals surface area contributed by atoms with Gasteiger partial charge in [0.1, 0.15) is 12.2 Å². The molecule has 5 nitrogen and oxygen atoms in total. The lowest BCUT2D eigenvalue weighted by Gasteiger charge is -2.06. The van der Waals surface area contributed by atoms with E-state index in [0.29, 0.717) is 10.6 Å². The molecule has 0 N–H and O–H groups in total. The first kappa shape index (κ1) is 15.3. The molecule has 0 heterocycles. The van der Waals surface area contributed by atoms with E-state index in [0.717, 1.165) is 6.07 Å². The first-order valence-electron chi connectivity index (χ1n) is 5.83. The van der Waals surface area contributed by atoms with Crippen molar-refractivity contribution in [3.8, 4) is 0 Å². The Morgan fingerprint density at radius 3 is 2.52 bits per heavy atom. The quantitative estimate of drug-likeness (QED) is 0.478. The topological polar surface area (TPSA) is 69.4 Å². The number of ether oxygens (including phenoxy) is 1. The third-order valence-corrected chi connectivity index (χ3v) is 3.11. The summed E-state index contributed by atoms with van der Waals surface area (Å²) < 4.78 is 5.05. The molecule has 0 aliphatic heterocycles. The van der Waals surface area contributed by atoms with Crippen molar-refractivity contribution in [3.05, 3.63) is 73.8 Å². The molecule has 0 bridgehead atoms. The van der Waals surface area contributed by atoms with E-state index in [1.165, 1.54) is 12.1 Å². The average molecular weight is 326 g/mol. The molecule has 0 unspecified atom stereocenters. The highest BCUT2D eigenvalue weighted by molar-refractivity contribution is 6.31. The van der Waals surface area contributed by atoms with Crippen molar-refractivity contribution in [2.75, 3.05) is 0 Å². The van der Waals surface area contributed by atoms with Gasteiger partial charge in [-0.1, -0.05) is 35.3 Å². The van der Waals surface area contributed by atoms with Crippen LogP contribution in [0.4, 0.5) is 5.69 Å². The Morgan fingerprint density at radius 1 is 1.14 bits per heavy atom. The fourth-order valence-corrected chi connectivity index (χ4v) is 2.06. The monoisotopic (exact) mass is 325 g/mol. The second kappa shape index (κ2) is 6.56. The van der Waals surface area contributed by atoms with Crippen LogP contribution in [0.2, 0.25) is 10.0 Å². The summed E-state index contributed by atoms with van der Waals surface area (Å²) in [6, 6.07) is 10.6. The van der Waals surface area contributed by atoms with Gasteiger partial charge in [0.15, 0.2) is 0 Å². The molecule has 2 aromatic carbocycles. The predicted octanol–water partition coefficient (Wildman–Crippen LogP) is 4.26. The summed E-state index contributed by atoms with van der Waals surface area (Å²) in [5.41, 5.74) is 0.150. The van der Waals surface area contributed by atoms with Crippen LogP contribution in [0.1, 0.15) is 15.9 Å². The van der Waals surface area contributed by atoms with E-state index in [-0.39, 0.29) is 17.2 Å². The van der Waals surface area contributed by atoms with Gasteiger partial charge in [-0.15, -0.1) is 0 Å². The Balaban J connectivity index is 2.15. The van der Waals surface area contributed by atoms with Crippen LogP contribution in [0.25, 0.3) is 0 Å². The number of carbonyl (C=O) groups excluding carboxylic acids is 1. The van der Waals surface area contributed by atoms with E-state index in [9.17, 15) is 14.9 Å². The lowest BCUT2D eigenvalue weighted by molar-refractivity contribution is -0.385. The number of halogens is 2. The third-order valence-electron chi connectivity index (χ3n) is 2.64. The zero-order chi connectivity index (χ0) is 15.4. The Bertz CT molecular complexity index is 703. The lowest BCUT2D eigenvalue weighted by atomic mass is 10.2. The fraction of sp³-hybridized carbons (Fsp3) is 0.0714. The summed E-state index contributed by atoms with van der Waals surface area (Å²) in [6.45, 7) is -0.0286. The SMILES string of the molecule is O=C(OCc1cccc(Cl)c1)c1ccc(Cl)cc1[N+](=O)[O-]. The van der Waals surface area contributed by atoms with E-state index in [2.05, 4.69) is 0 Å². The number of benzene rings is 2. The van der Waals surface area contributed by atoms with Crippen molar-refractivity contribution in [1.82, 2.24) is 0 Å². The molecule has 2 rings (SSSR count). The summed E-state index contributed by atoms with van der Waals surface area (Å²) in [6.07, 6.45) is 0. The van der Waals surface area contributed by atoms with Crippen molar-refractivity contribution in [2.24, 2.45) is 0 Å². The lowest BCUT2D eigenvalue weighted by Crippen LogP contribution is -2.08. The van der Waals surface area contributed by atoms with Crippen molar-refractivity contribution in [3.63, 3.8) is 0 Å². The van der Waals surface area contributed by atoms with Crippen LogP contribution in [-0.2, 0) is 11.3 Å². The number of nitrogens with zero attached hydrogens (tertiary/aromatic N) is 1. The van der Waals surface area contributed by atoms with Gasteiger partial charge in [-0.25, -0.2) is 4.79 Å². The van der Waals surface area contributed by atoms with Crippen LogP contribution in [0, 0.1) is 10.1 Å². The van der Waals surface area contributed by atoms with Gasteiger partial charge in [0.25, 0.3) is 5.69 Å². The van der Waals surface area contributed by atoms with Gasteiger partial charge in [-0.3, -0.25) is 10.1 Å². The first-order chi connectivity index (χ1) is 9.97. The van der Waals surface area contributed by atoms with Crippen molar-refractivity contribution >= 4 is 34.9 Å². The van der Waals surface area contributed by atoms with E-state index in [1.807, 2.05) is 0 Å². The van der Waals surface area contributed by atoms with E-state index in [4.69, 9.17) is 27.9 Å². The molecule has 0 aliphatic carbocycles. The number of nitro groups is 1. The van der Waals surface area contributed by atoms with Crippen LogP contribution in [0.15, 0.2) is 42.5 Å². The van der Waals surface area contributed by atoms with Crippen LogP contribution < -0.4 is 0 Å². The van der Waals surface area contributed by atoms with Crippen LogP contribution in [0.3, 0.4) is 0 Å². The number of hydrogen-bond donors (Lipinski definition) is 0. The molecular weight excluding hydrogens is 317 g/mol. The maximum absolute atomic E-state index is 11.9. The standard InChI is InChI=1S/C14H9Cl2NO4/c15-10-3-1-2-9(6-10)8-21-14(18)12-5-4-11(16)7-13(12)17(19)20/h1-7H,8H2. The molecule has 0 amide bonds. The molecule has 0 aliphatic rings. The number of carbonyl (C=O) groups is 1. The van der Waals surface area contributed by atoms with Gasteiger partial charge < -0.3 is 4.74 Å². The highest BCUT2D eigenvalue weighted by atomic mass is 35.5. The third kappa shape index (κ3) is 3.93. The number of nitro benzene ring substituents is 1. The van der Waals surface area contributed by atoms with Gasteiger partial charge in [-0.05, 0) is 29.8 Å². The smallest absolute Gasteiger partial charge is 0.345 e. The molecule has 21 heavy (non-hydrogen) atoms. The van der Waals surface area contributed by atoms with E-state index >= 15 is 0 Å². The zero-order valence-corrected chi connectivity index (χ0v) is 12.1. The van der Waals surface area contributed by atoms with E-state index in [1.54, 1.807) is 24.3 Å². The molecule has 7 heteroatoms. The Hall–Kier alpha value is -2.11. The highest BCUT2D eigenvalue weighted by Crippen LogP contribution is 2.24. The molecule has 0 atom stereocenters. The molecule has 108 valence electrons. The summed E-state index contributed by atoms with van der Waals surface area (Å²) in [4.78, 5) is 22.2. The maximum atomic E-state index is 11.9. The highest BCUT2D eigenvalue weighted by Gasteiger charge is 2.21. The second-order valence-corrected chi connectivity index (χ2v) is 5.00. The largest absolute Gasteiger partial charge is 0.457 e. The molecule has 2 aromatic rings. The summed E-state index contributed by atoms with van der Waals surface area (Å²) in [5.74, 6) is -0.793. The molecule has 0 spiro atoms. The second-order valence-electron chi connectivity index (χ2n) is 4.12. The van der Waals surface area contributed by atoms with Gasteiger partial charge in [0.2, 0.25) is 0 Å². The first-order valence-corrected chi connectivity index (χ1v) is 6.58. The summed E-state index contributed by atoms with van der Waals surface area (Å²) in [5, 5.41) is 11.6. The molecular formula is C14H9Cl2NO4.